The average molecular weight is 371 g/mol. The molecule has 0 bridgehead atoms. The van der Waals surface area contributed by atoms with Crippen LogP contribution in [-0.4, -0.2) is 49.0 Å². The number of carbonyl (C=O) groups excluding carboxylic acids is 1. The molecular weight excluding hydrogens is 344 g/mol. The number of thioether (sulfide) groups is 1. The molecule has 0 fully saturated rings. The highest BCUT2D eigenvalue weighted by molar-refractivity contribution is 7.99. The van der Waals surface area contributed by atoms with E-state index in [2.05, 4.69) is 41.0 Å². The normalized spacial score (nSPS) is 12.0. The van der Waals surface area contributed by atoms with Crippen molar-refractivity contribution in [1.82, 2.24) is 16.0 Å². The van der Waals surface area contributed by atoms with Gasteiger partial charge in [0, 0.05) is 24.4 Å². The first kappa shape index (κ1) is 20.6. The molecule has 0 aliphatic carbocycles. The highest BCUT2D eigenvalue weighted by Gasteiger charge is 2.15. The van der Waals surface area contributed by atoms with E-state index in [9.17, 15) is 4.79 Å². The lowest BCUT2D eigenvalue weighted by atomic mass is 10.2. The summed E-state index contributed by atoms with van der Waals surface area (Å²) in [5.74, 6) is 0.583. The molecule has 1 rings (SSSR count). The van der Waals surface area contributed by atoms with E-state index in [4.69, 9.17) is 11.6 Å². The van der Waals surface area contributed by atoms with Gasteiger partial charge in [-0.3, -0.25) is 9.79 Å². The van der Waals surface area contributed by atoms with Gasteiger partial charge in [0.25, 0.3) is 5.91 Å². The molecule has 0 aromatic heterocycles. The Hall–Kier alpha value is -1.40. The molecule has 7 heteroatoms. The zero-order valence-corrected chi connectivity index (χ0v) is 16.4. The molecule has 1 aromatic carbocycles. The van der Waals surface area contributed by atoms with E-state index in [1.807, 2.05) is 6.92 Å². The first-order valence-electron chi connectivity index (χ1n) is 7.99. The third-order valence-corrected chi connectivity index (χ3v) is 4.90. The zero-order chi connectivity index (χ0) is 18.0. The van der Waals surface area contributed by atoms with Crippen LogP contribution in [-0.2, 0) is 0 Å². The first-order chi connectivity index (χ1) is 11.4. The summed E-state index contributed by atoms with van der Waals surface area (Å²) >= 11 is 7.80. The lowest BCUT2D eigenvalue weighted by Gasteiger charge is -2.20. The van der Waals surface area contributed by atoms with Gasteiger partial charge in [0.05, 0.1) is 17.1 Å². The van der Waals surface area contributed by atoms with E-state index in [0.717, 1.165) is 19.0 Å². The van der Waals surface area contributed by atoms with Gasteiger partial charge in [0.2, 0.25) is 0 Å². The smallest absolute Gasteiger partial charge is 0.252 e. The Morgan fingerprint density at radius 3 is 2.50 bits per heavy atom. The van der Waals surface area contributed by atoms with E-state index in [-0.39, 0.29) is 10.7 Å². The van der Waals surface area contributed by atoms with Crippen LogP contribution in [0.1, 0.15) is 31.1 Å². The van der Waals surface area contributed by atoms with E-state index in [1.165, 1.54) is 0 Å². The van der Waals surface area contributed by atoms with Gasteiger partial charge >= 0.3 is 0 Å². The van der Waals surface area contributed by atoms with E-state index in [1.54, 1.807) is 36.0 Å². The number of aliphatic imine (C=N–C) groups is 1. The topological polar surface area (TPSA) is 65.5 Å². The fraction of sp³-hybridized carbons (Fsp3) is 0.529. The number of carbonyl (C=O) groups is 1. The van der Waals surface area contributed by atoms with Crippen molar-refractivity contribution in [3.05, 3.63) is 34.9 Å². The molecule has 0 heterocycles. The van der Waals surface area contributed by atoms with Crippen molar-refractivity contribution in [1.29, 1.82) is 0 Å². The molecule has 0 unspecified atom stereocenters. The van der Waals surface area contributed by atoms with E-state index < -0.39 is 0 Å². The van der Waals surface area contributed by atoms with Crippen molar-refractivity contribution >= 4 is 35.2 Å². The van der Waals surface area contributed by atoms with Gasteiger partial charge in [-0.1, -0.05) is 23.7 Å². The fourth-order valence-electron chi connectivity index (χ4n) is 1.77. The highest BCUT2D eigenvalue weighted by Crippen LogP contribution is 2.20. The molecule has 1 aromatic rings. The van der Waals surface area contributed by atoms with Crippen LogP contribution in [0.15, 0.2) is 29.3 Å². The summed E-state index contributed by atoms with van der Waals surface area (Å²) in [4.78, 5) is 16.6. The summed E-state index contributed by atoms with van der Waals surface area (Å²) in [7, 11) is 0. The summed E-state index contributed by atoms with van der Waals surface area (Å²) in [5, 5.41) is 9.73. The SMILES string of the molecule is CCNC(=NCC(C)(C)SC)NCCNC(=O)c1ccccc1Cl. The Morgan fingerprint density at radius 1 is 1.21 bits per heavy atom. The second-order valence-corrected chi connectivity index (χ2v) is 7.74. The van der Waals surface area contributed by atoms with Crippen LogP contribution >= 0.6 is 23.4 Å². The van der Waals surface area contributed by atoms with Crippen LogP contribution in [0, 0.1) is 0 Å². The quantitative estimate of drug-likeness (QED) is 0.374. The minimum absolute atomic E-state index is 0.0978. The second-order valence-electron chi connectivity index (χ2n) is 5.82. The van der Waals surface area contributed by atoms with Crippen LogP contribution < -0.4 is 16.0 Å². The predicted molar refractivity (Wildman–Crippen MR) is 105 cm³/mol. The number of hydrogen-bond acceptors (Lipinski definition) is 3. The molecule has 0 radical (unpaired) electrons. The van der Waals surface area contributed by atoms with E-state index >= 15 is 0 Å². The summed E-state index contributed by atoms with van der Waals surface area (Å²) in [6.45, 7) is 8.92. The van der Waals surface area contributed by atoms with Crippen molar-refractivity contribution < 1.29 is 4.79 Å². The van der Waals surface area contributed by atoms with Crippen molar-refractivity contribution in [2.45, 2.75) is 25.5 Å². The Morgan fingerprint density at radius 2 is 1.88 bits per heavy atom. The molecule has 134 valence electrons. The van der Waals surface area contributed by atoms with Gasteiger partial charge in [-0.15, -0.1) is 0 Å². The summed E-state index contributed by atoms with van der Waals surface area (Å²) in [5.41, 5.74) is 0.487. The number of nitrogens with zero attached hydrogens (tertiary/aromatic N) is 1. The van der Waals surface area contributed by atoms with Gasteiger partial charge in [0.1, 0.15) is 0 Å². The maximum Gasteiger partial charge on any atom is 0.252 e. The molecule has 5 nitrogen and oxygen atoms in total. The molecule has 0 aliphatic rings. The third-order valence-electron chi connectivity index (χ3n) is 3.34. The van der Waals surface area contributed by atoms with Crippen molar-refractivity contribution in [3.63, 3.8) is 0 Å². The van der Waals surface area contributed by atoms with Gasteiger partial charge < -0.3 is 16.0 Å². The predicted octanol–water partition coefficient (Wildman–Crippen LogP) is 2.77. The summed E-state index contributed by atoms with van der Waals surface area (Å²) in [6, 6.07) is 7.01. The number of nitrogens with one attached hydrogen (secondary N) is 3. The fourth-order valence-corrected chi connectivity index (χ4v) is 2.19. The molecule has 0 saturated heterocycles. The van der Waals surface area contributed by atoms with Crippen molar-refractivity contribution in [3.8, 4) is 0 Å². The van der Waals surface area contributed by atoms with Gasteiger partial charge in [0.15, 0.2) is 5.96 Å². The monoisotopic (exact) mass is 370 g/mol. The molecular formula is C17H27ClN4OS. The van der Waals surface area contributed by atoms with Crippen LogP contribution in [0.25, 0.3) is 0 Å². The van der Waals surface area contributed by atoms with Crippen molar-refractivity contribution in [2.24, 2.45) is 4.99 Å². The van der Waals surface area contributed by atoms with Crippen molar-refractivity contribution in [2.75, 3.05) is 32.4 Å². The van der Waals surface area contributed by atoms with Gasteiger partial charge in [-0.25, -0.2) is 0 Å². The van der Waals surface area contributed by atoms with Gasteiger partial charge in [-0.05, 0) is 39.2 Å². The Labute approximate surface area is 154 Å². The van der Waals surface area contributed by atoms with Crippen LogP contribution in [0.5, 0.6) is 0 Å². The largest absolute Gasteiger partial charge is 0.357 e. The Kier molecular flexibility index (Phi) is 9.00. The number of guanidine groups is 1. The summed E-state index contributed by atoms with van der Waals surface area (Å²) < 4.78 is 0.0978. The molecule has 0 aliphatic heterocycles. The molecule has 24 heavy (non-hydrogen) atoms. The van der Waals surface area contributed by atoms with E-state index in [0.29, 0.717) is 23.7 Å². The number of benzene rings is 1. The van der Waals surface area contributed by atoms with Crippen LogP contribution in [0.3, 0.4) is 0 Å². The maximum absolute atomic E-state index is 12.1. The van der Waals surface area contributed by atoms with Crippen LogP contribution in [0.4, 0.5) is 0 Å². The summed E-state index contributed by atoms with van der Waals surface area (Å²) in [6.07, 6.45) is 2.08. The molecule has 3 N–H and O–H groups in total. The lowest BCUT2D eigenvalue weighted by molar-refractivity contribution is 0.0954. The van der Waals surface area contributed by atoms with Crippen LogP contribution in [0.2, 0.25) is 5.02 Å². The first-order valence-corrected chi connectivity index (χ1v) is 9.60. The Bertz CT molecular complexity index is 563. The minimum Gasteiger partial charge on any atom is -0.357 e. The minimum atomic E-state index is -0.173. The molecule has 0 spiro atoms. The number of hydrogen-bond donors (Lipinski definition) is 3. The molecule has 0 atom stereocenters. The maximum atomic E-state index is 12.1. The van der Waals surface area contributed by atoms with Gasteiger partial charge in [-0.2, -0.15) is 11.8 Å². The number of amides is 1. The molecule has 1 amide bonds. The number of halogens is 1. The average Bonchev–Trinajstić information content (AvgIpc) is 2.56. The second kappa shape index (κ2) is 10.5. The number of rotatable bonds is 8. The standard InChI is InChI=1S/C17H27ClN4OS/c1-5-19-16(22-12-17(2,3)24-4)21-11-10-20-15(23)13-8-6-7-9-14(13)18/h6-9H,5,10-12H2,1-4H3,(H,20,23)(H2,19,21,22). The zero-order valence-electron chi connectivity index (χ0n) is 14.8. The molecule has 0 saturated carbocycles. The Balaban J connectivity index is 2.44. The lowest BCUT2D eigenvalue weighted by Crippen LogP contribution is -2.42. The highest BCUT2D eigenvalue weighted by atomic mass is 35.5. The third kappa shape index (κ3) is 7.45.